The molecule has 7 nitrogen and oxygen atoms in total. The first-order valence-electron chi connectivity index (χ1n) is 10.2. The van der Waals surface area contributed by atoms with Crippen LogP contribution in [-0.4, -0.2) is 33.3 Å². The number of carbonyl (C=O) groups is 1. The Morgan fingerprint density at radius 1 is 1.16 bits per heavy atom. The van der Waals surface area contributed by atoms with Gasteiger partial charge in [0.1, 0.15) is 16.9 Å². The summed E-state index contributed by atoms with van der Waals surface area (Å²) in [6.07, 6.45) is 4.73. The molecule has 8 heteroatoms. The second-order valence-corrected chi connectivity index (χ2v) is 8.13. The lowest BCUT2D eigenvalue weighted by atomic mass is 10.2. The maximum absolute atomic E-state index is 13.0. The predicted octanol–water partition coefficient (Wildman–Crippen LogP) is 4.73. The van der Waals surface area contributed by atoms with Crippen molar-refractivity contribution >= 4 is 56.1 Å². The Bertz CT molecular complexity index is 1280. The monoisotopic (exact) mass is 478 g/mol. The predicted molar refractivity (Wildman–Crippen MR) is 128 cm³/mol. The van der Waals surface area contributed by atoms with E-state index in [1.165, 1.54) is 4.68 Å². The lowest BCUT2D eigenvalue weighted by Gasteiger charge is -2.05. The van der Waals surface area contributed by atoms with Crippen molar-refractivity contribution in [3.05, 3.63) is 64.1 Å². The number of carbonyl (C=O) groups excluding carboxylic acids is 1. The fourth-order valence-electron chi connectivity index (χ4n) is 3.36. The van der Waals surface area contributed by atoms with E-state index in [9.17, 15) is 4.79 Å². The molecule has 31 heavy (non-hydrogen) atoms. The molecule has 2 aromatic carbocycles. The van der Waals surface area contributed by atoms with Crippen LogP contribution in [0.3, 0.4) is 0 Å². The lowest BCUT2D eigenvalue weighted by molar-refractivity contribution is 0.0955. The molecule has 0 aliphatic carbocycles. The van der Waals surface area contributed by atoms with Crippen LogP contribution >= 0.6 is 15.9 Å². The first-order chi connectivity index (χ1) is 15.1. The molecule has 0 atom stereocenters. The number of anilines is 1. The van der Waals surface area contributed by atoms with E-state index in [4.69, 9.17) is 10.7 Å². The van der Waals surface area contributed by atoms with Gasteiger partial charge >= 0.3 is 0 Å². The molecule has 0 saturated heterocycles. The zero-order valence-corrected chi connectivity index (χ0v) is 18.8. The molecule has 0 unspecified atom stereocenters. The van der Waals surface area contributed by atoms with Crippen LogP contribution in [0.2, 0.25) is 0 Å². The molecule has 2 aromatic heterocycles. The molecule has 0 radical (unpaired) electrons. The minimum Gasteiger partial charge on any atom is -0.383 e. The van der Waals surface area contributed by atoms with E-state index in [0.717, 1.165) is 29.3 Å². The number of hydrogen-bond acceptors (Lipinski definition) is 5. The zero-order valence-electron chi connectivity index (χ0n) is 17.2. The molecule has 0 aliphatic heterocycles. The molecule has 1 amide bonds. The number of para-hydroxylation sites is 2. The highest BCUT2D eigenvalue weighted by Gasteiger charge is 2.23. The average Bonchev–Trinajstić information content (AvgIpc) is 3.04. The lowest BCUT2D eigenvalue weighted by Crippen LogP contribution is -2.25. The number of benzene rings is 2. The maximum Gasteiger partial charge on any atom is 0.257 e. The fourth-order valence-corrected chi connectivity index (χ4v) is 3.78. The van der Waals surface area contributed by atoms with Gasteiger partial charge in [0.2, 0.25) is 0 Å². The second kappa shape index (κ2) is 9.26. The van der Waals surface area contributed by atoms with Crippen LogP contribution in [-0.2, 0) is 0 Å². The van der Waals surface area contributed by atoms with Gasteiger partial charge in [0.25, 0.3) is 5.91 Å². The van der Waals surface area contributed by atoms with Gasteiger partial charge in [-0.1, -0.05) is 60.0 Å². The average molecular weight is 479 g/mol. The Hall–Kier alpha value is -3.26. The number of nitrogens with two attached hydrogens (primary N) is 1. The number of unbranched alkanes of at least 4 members (excludes halogenated alkanes) is 2. The summed E-state index contributed by atoms with van der Waals surface area (Å²) >= 11 is 3.46. The number of nitrogens with one attached hydrogen (secondary N) is 1. The van der Waals surface area contributed by atoms with Crippen molar-refractivity contribution in [1.82, 2.24) is 20.0 Å². The highest BCUT2D eigenvalue weighted by atomic mass is 79.9. The quantitative estimate of drug-likeness (QED) is 0.296. The van der Waals surface area contributed by atoms with E-state index in [2.05, 4.69) is 38.3 Å². The normalized spacial score (nSPS) is 11.5. The Balaban J connectivity index is 1.81. The van der Waals surface area contributed by atoms with Crippen LogP contribution in [0, 0.1) is 0 Å². The third-order valence-corrected chi connectivity index (χ3v) is 5.43. The van der Waals surface area contributed by atoms with E-state index in [-0.39, 0.29) is 11.7 Å². The Labute approximate surface area is 188 Å². The topological polar surface area (TPSA) is 98.2 Å². The first-order valence-corrected chi connectivity index (χ1v) is 11.0. The van der Waals surface area contributed by atoms with Gasteiger partial charge in [-0.2, -0.15) is 9.78 Å². The van der Waals surface area contributed by atoms with Crippen molar-refractivity contribution in [2.45, 2.75) is 26.2 Å². The highest BCUT2D eigenvalue weighted by molar-refractivity contribution is 9.10. The van der Waals surface area contributed by atoms with Crippen molar-refractivity contribution < 1.29 is 4.79 Å². The minimum absolute atomic E-state index is 0.213. The molecular weight excluding hydrogens is 456 g/mol. The van der Waals surface area contributed by atoms with E-state index in [1.807, 2.05) is 48.5 Å². The zero-order chi connectivity index (χ0) is 21.8. The van der Waals surface area contributed by atoms with Crippen LogP contribution in [0.1, 0.15) is 42.1 Å². The SMILES string of the molecule is CCCCCNC(=O)c1c(N)n(/N=C/c2cccc(Br)c2)c2nc3ccccc3nc12. The van der Waals surface area contributed by atoms with E-state index in [0.29, 0.717) is 34.3 Å². The second-order valence-electron chi connectivity index (χ2n) is 7.22. The molecule has 0 spiro atoms. The third kappa shape index (κ3) is 4.44. The molecule has 3 N–H and O–H groups in total. The van der Waals surface area contributed by atoms with E-state index in [1.54, 1.807) is 6.21 Å². The minimum atomic E-state index is -0.264. The number of halogens is 1. The Morgan fingerprint density at radius 3 is 2.68 bits per heavy atom. The highest BCUT2D eigenvalue weighted by Crippen LogP contribution is 2.27. The summed E-state index contributed by atoms with van der Waals surface area (Å²) in [7, 11) is 0. The van der Waals surface area contributed by atoms with Gasteiger partial charge in [-0.25, -0.2) is 9.97 Å². The van der Waals surface area contributed by atoms with Gasteiger partial charge in [0, 0.05) is 11.0 Å². The summed E-state index contributed by atoms with van der Waals surface area (Å²) < 4.78 is 2.43. The van der Waals surface area contributed by atoms with Crippen LogP contribution in [0.15, 0.2) is 58.1 Å². The van der Waals surface area contributed by atoms with E-state index >= 15 is 0 Å². The molecular formula is C23H23BrN6O. The van der Waals surface area contributed by atoms with Gasteiger partial charge in [0.15, 0.2) is 5.65 Å². The summed E-state index contributed by atoms with van der Waals surface area (Å²) in [4.78, 5) is 22.4. The van der Waals surface area contributed by atoms with Gasteiger partial charge in [-0.3, -0.25) is 4.79 Å². The van der Waals surface area contributed by atoms with Gasteiger partial charge in [-0.05, 0) is 36.2 Å². The van der Waals surface area contributed by atoms with E-state index < -0.39 is 0 Å². The fraction of sp³-hybridized carbons (Fsp3) is 0.217. The summed E-state index contributed by atoms with van der Waals surface area (Å²) in [6, 6.07) is 15.2. The third-order valence-electron chi connectivity index (χ3n) is 4.94. The summed E-state index contributed by atoms with van der Waals surface area (Å²) in [5.74, 6) is -0.0517. The molecule has 0 aliphatic rings. The van der Waals surface area contributed by atoms with Gasteiger partial charge < -0.3 is 11.1 Å². The van der Waals surface area contributed by atoms with Crippen molar-refractivity contribution in [1.29, 1.82) is 0 Å². The maximum atomic E-state index is 13.0. The number of hydrogen-bond donors (Lipinski definition) is 2. The van der Waals surface area contributed by atoms with Crippen molar-refractivity contribution in [2.75, 3.05) is 12.3 Å². The number of aromatic nitrogens is 3. The molecule has 4 aromatic rings. The molecule has 0 fully saturated rings. The number of fused-ring (bicyclic) bond motifs is 2. The Kier molecular flexibility index (Phi) is 6.27. The summed E-state index contributed by atoms with van der Waals surface area (Å²) in [6.45, 7) is 2.71. The molecule has 2 heterocycles. The number of nitrogen functional groups attached to an aromatic ring is 1. The smallest absolute Gasteiger partial charge is 0.257 e. The molecule has 0 saturated carbocycles. The van der Waals surface area contributed by atoms with Gasteiger partial charge in [0.05, 0.1) is 17.2 Å². The number of amides is 1. The van der Waals surface area contributed by atoms with Crippen LogP contribution in [0.25, 0.3) is 22.2 Å². The molecule has 4 rings (SSSR count). The van der Waals surface area contributed by atoms with Crippen molar-refractivity contribution in [2.24, 2.45) is 5.10 Å². The van der Waals surface area contributed by atoms with Crippen molar-refractivity contribution in [3.63, 3.8) is 0 Å². The molecule has 0 bridgehead atoms. The standard InChI is InChI=1S/C23H23BrN6O/c1-2-3-6-12-26-23(31)19-20-22(29-18-11-5-4-10-17(18)28-20)30(21(19)25)27-14-15-8-7-9-16(24)13-15/h4-5,7-11,13-14H,2-3,6,12,25H2,1H3,(H,26,31)/b27-14+. The van der Waals surface area contributed by atoms with Crippen molar-refractivity contribution in [3.8, 4) is 0 Å². The molecule has 158 valence electrons. The summed E-state index contributed by atoms with van der Waals surface area (Å²) in [5, 5.41) is 7.48. The van der Waals surface area contributed by atoms with Gasteiger partial charge in [-0.15, -0.1) is 0 Å². The number of nitrogens with zero attached hydrogens (tertiary/aromatic N) is 4. The van der Waals surface area contributed by atoms with Crippen LogP contribution in [0.5, 0.6) is 0 Å². The largest absolute Gasteiger partial charge is 0.383 e. The number of rotatable bonds is 7. The Morgan fingerprint density at radius 2 is 1.94 bits per heavy atom. The first kappa shape index (κ1) is 21.0. The van der Waals surface area contributed by atoms with Crippen LogP contribution < -0.4 is 11.1 Å². The van der Waals surface area contributed by atoms with Crippen LogP contribution in [0.4, 0.5) is 5.82 Å². The summed E-state index contributed by atoms with van der Waals surface area (Å²) in [5.41, 5.74) is 9.88.